The fourth-order valence-corrected chi connectivity index (χ4v) is 5.88. The molecule has 0 aromatic heterocycles. The fourth-order valence-electron chi connectivity index (χ4n) is 4.20. The van der Waals surface area contributed by atoms with Crippen LogP contribution in [0.25, 0.3) is 0 Å². The second kappa shape index (κ2) is 6.30. The van der Waals surface area contributed by atoms with Crippen molar-refractivity contribution in [2.45, 2.75) is 49.2 Å². The Morgan fingerprint density at radius 2 is 2.00 bits per heavy atom. The average molecular weight is 368 g/mol. The number of sulfonamides is 1. The van der Waals surface area contributed by atoms with Crippen molar-refractivity contribution < 1.29 is 17.5 Å². The Balaban J connectivity index is 1.38. The van der Waals surface area contributed by atoms with E-state index in [4.69, 9.17) is 4.74 Å². The van der Waals surface area contributed by atoms with E-state index >= 15 is 0 Å². The van der Waals surface area contributed by atoms with Crippen LogP contribution in [0, 0.1) is 12.7 Å². The SMILES string of the molecule is Cc1cc(S(=O)(=O)N2CC3(CCC(CN4CCCC4)O3)C2)ccc1F. The Hall–Kier alpha value is -1.02. The minimum atomic E-state index is -3.57. The van der Waals surface area contributed by atoms with Gasteiger partial charge in [-0.2, -0.15) is 4.31 Å². The van der Waals surface area contributed by atoms with Gasteiger partial charge in [0, 0.05) is 19.6 Å². The first-order valence-electron chi connectivity index (χ1n) is 9.05. The summed E-state index contributed by atoms with van der Waals surface area (Å²) in [6.07, 6.45) is 4.66. The Labute approximate surface area is 148 Å². The number of hydrogen-bond acceptors (Lipinski definition) is 4. The molecule has 0 amide bonds. The van der Waals surface area contributed by atoms with E-state index in [1.807, 2.05) is 0 Å². The standard InChI is InChI=1S/C18H25FN2O3S/c1-14-10-16(4-5-17(14)19)25(22,23)21-12-18(13-21)7-6-15(24-18)11-20-8-2-3-9-20/h4-5,10,15H,2-3,6-9,11-13H2,1H3. The lowest BCUT2D eigenvalue weighted by atomic mass is 9.93. The molecule has 1 spiro atoms. The zero-order valence-electron chi connectivity index (χ0n) is 14.6. The third-order valence-corrected chi connectivity index (χ3v) is 7.48. The Bertz CT molecular complexity index is 756. The topological polar surface area (TPSA) is 49.9 Å². The van der Waals surface area contributed by atoms with Crippen LogP contribution in [0.15, 0.2) is 23.1 Å². The smallest absolute Gasteiger partial charge is 0.243 e. The van der Waals surface area contributed by atoms with Gasteiger partial charge in [0.1, 0.15) is 5.82 Å². The highest BCUT2D eigenvalue weighted by Gasteiger charge is 2.53. The number of halogens is 1. The number of ether oxygens (including phenoxy) is 1. The third-order valence-electron chi connectivity index (χ3n) is 5.70. The van der Waals surface area contributed by atoms with Gasteiger partial charge < -0.3 is 9.64 Å². The lowest BCUT2D eigenvalue weighted by Crippen LogP contribution is -2.63. The molecule has 1 atom stereocenters. The largest absolute Gasteiger partial charge is 0.368 e. The van der Waals surface area contributed by atoms with E-state index in [1.54, 1.807) is 6.92 Å². The first-order valence-corrected chi connectivity index (χ1v) is 10.5. The molecule has 1 aromatic rings. The molecule has 4 rings (SSSR count). The summed E-state index contributed by atoms with van der Waals surface area (Å²) in [5, 5.41) is 0. The van der Waals surface area contributed by atoms with E-state index < -0.39 is 10.0 Å². The molecule has 5 nitrogen and oxygen atoms in total. The van der Waals surface area contributed by atoms with E-state index in [0.717, 1.165) is 32.5 Å². The summed E-state index contributed by atoms with van der Waals surface area (Å²) in [5.41, 5.74) is 0.0334. The summed E-state index contributed by atoms with van der Waals surface area (Å²) >= 11 is 0. The lowest BCUT2D eigenvalue weighted by molar-refractivity contribution is -0.111. The normalized spacial score (nSPS) is 27.0. The molecule has 3 heterocycles. The van der Waals surface area contributed by atoms with Gasteiger partial charge in [-0.25, -0.2) is 12.8 Å². The van der Waals surface area contributed by atoms with Crippen molar-refractivity contribution in [3.05, 3.63) is 29.6 Å². The van der Waals surface area contributed by atoms with Crippen molar-refractivity contribution in [3.8, 4) is 0 Å². The number of nitrogens with zero attached hydrogens (tertiary/aromatic N) is 2. The monoisotopic (exact) mass is 368 g/mol. The first kappa shape index (κ1) is 17.4. The molecule has 1 aromatic carbocycles. The Kier molecular flexibility index (Phi) is 4.38. The minimum absolute atomic E-state index is 0.160. The molecular formula is C18H25FN2O3S. The predicted octanol–water partition coefficient (Wildman–Crippen LogP) is 2.15. The molecule has 0 N–H and O–H groups in total. The molecule has 3 saturated heterocycles. The van der Waals surface area contributed by atoms with Gasteiger partial charge in [0.15, 0.2) is 0 Å². The number of aryl methyl sites for hydroxylation is 1. The van der Waals surface area contributed by atoms with Gasteiger partial charge in [0.25, 0.3) is 0 Å². The van der Waals surface area contributed by atoms with Gasteiger partial charge in [-0.3, -0.25) is 0 Å². The minimum Gasteiger partial charge on any atom is -0.368 e. The molecule has 7 heteroatoms. The maximum Gasteiger partial charge on any atom is 0.243 e. The van der Waals surface area contributed by atoms with Gasteiger partial charge in [0.05, 0.1) is 16.6 Å². The van der Waals surface area contributed by atoms with Crippen LogP contribution in [0.1, 0.15) is 31.2 Å². The van der Waals surface area contributed by atoms with Crippen molar-refractivity contribution >= 4 is 10.0 Å². The molecule has 0 radical (unpaired) electrons. The van der Waals surface area contributed by atoms with Gasteiger partial charge in [-0.15, -0.1) is 0 Å². The molecule has 0 saturated carbocycles. The van der Waals surface area contributed by atoms with Crippen molar-refractivity contribution in [1.29, 1.82) is 0 Å². The predicted molar refractivity (Wildman–Crippen MR) is 92.4 cm³/mol. The molecule has 0 bridgehead atoms. The van der Waals surface area contributed by atoms with E-state index in [1.165, 1.54) is 35.3 Å². The van der Waals surface area contributed by atoms with E-state index in [-0.39, 0.29) is 22.4 Å². The number of likely N-dealkylation sites (tertiary alicyclic amines) is 1. The highest BCUT2D eigenvalue weighted by atomic mass is 32.2. The zero-order chi connectivity index (χ0) is 17.7. The van der Waals surface area contributed by atoms with Crippen molar-refractivity contribution in [2.24, 2.45) is 0 Å². The molecular weight excluding hydrogens is 343 g/mol. The van der Waals surface area contributed by atoms with Crippen LogP contribution >= 0.6 is 0 Å². The molecule has 3 aliphatic heterocycles. The van der Waals surface area contributed by atoms with Crippen molar-refractivity contribution in [3.63, 3.8) is 0 Å². The molecule has 138 valence electrons. The first-order chi connectivity index (χ1) is 11.9. The Morgan fingerprint density at radius 1 is 1.28 bits per heavy atom. The quantitative estimate of drug-likeness (QED) is 0.817. The summed E-state index contributed by atoms with van der Waals surface area (Å²) < 4.78 is 46.5. The highest BCUT2D eigenvalue weighted by molar-refractivity contribution is 7.89. The molecule has 0 aliphatic carbocycles. The molecule has 25 heavy (non-hydrogen) atoms. The summed E-state index contributed by atoms with van der Waals surface area (Å²) in [4.78, 5) is 2.60. The van der Waals surface area contributed by atoms with Crippen molar-refractivity contribution in [1.82, 2.24) is 9.21 Å². The summed E-state index contributed by atoms with van der Waals surface area (Å²) in [6, 6.07) is 3.96. The van der Waals surface area contributed by atoms with E-state index in [9.17, 15) is 12.8 Å². The number of rotatable bonds is 4. The fraction of sp³-hybridized carbons (Fsp3) is 0.667. The summed E-state index contributed by atoms with van der Waals surface area (Å²) in [5.74, 6) is -0.386. The third kappa shape index (κ3) is 3.23. The van der Waals surface area contributed by atoms with Gasteiger partial charge in [0.2, 0.25) is 10.0 Å². The second-order valence-electron chi connectivity index (χ2n) is 7.65. The van der Waals surface area contributed by atoms with Gasteiger partial charge in [-0.1, -0.05) is 0 Å². The van der Waals surface area contributed by atoms with Gasteiger partial charge in [-0.05, 0) is 69.5 Å². The highest BCUT2D eigenvalue weighted by Crippen LogP contribution is 2.41. The van der Waals surface area contributed by atoms with E-state index in [0.29, 0.717) is 18.7 Å². The second-order valence-corrected chi connectivity index (χ2v) is 9.59. The lowest BCUT2D eigenvalue weighted by Gasteiger charge is -2.46. The number of hydrogen-bond donors (Lipinski definition) is 0. The van der Waals surface area contributed by atoms with E-state index in [2.05, 4.69) is 4.90 Å². The zero-order valence-corrected chi connectivity index (χ0v) is 15.4. The van der Waals surface area contributed by atoms with Crippen LogP contribution in [0.5, 0.6) is 0 Å². The van der Waals surface area contributed by atoms with Crippen LogP contribution in [0.4, 0.5) is 4.39 Å². The maximum absolute atomic E-state index is 13.4. The van der Waals surface area contributed by atoms with Crippen LogP contribution in [0.3, 0.4) is 0 Å². The molecule has 3 aliphatic rings. The molecule has 1 unspecified atom stereocenters. The molecule has 3 fully saturated rings. The maximum atomic E-state index is 13.4. The van der Waals surface area contributed by atoms with Crippen LogP contribution in [-0.2, 0) is 14.8 Å². The Morgan fingerprint density at radius 3 is 2.68 bits per heavy atom. The average Bonchev–Trinajstić information content (AvgIpc) is 3.18. The van der Waals surface area contributed by atoms with Crippen LogP contribution < -0.4 is 0 Å². The van der Waals surface area contributed by atoms with Crippen LogP contribution in [-0.4, -0.2) is 62.1 Å². The van der Waals surface area contributed by atoms with Gasteiger partial charge >= 0.3 is 0 Å². The number of benzene rings is 1. The summed E-state index contributed by atoms with van der Waals surface area (Å²) in [7, 11) is -3.57. The van der Waals surface area contributed by atoms with Crippen LogP contribution in [0.2, 0.25) is 0 Å². The summed E-state index contributed by atoms with van der Waals surface area (Å²) in [6.45, 7) is 5.65. The van der Waals surface area contributed by atoms with Crippen molar-refractivity contribution in [2.75, 3.05) is 32.7 Å².